The Labute approximate surface area is 348 Å². The van der Waals surface area contributed by atoms with Gasteiger partial charge in [0.1, 0.15) is 35.1 Å². The number of likely N-dealkylation sites (tertiary alicyclic amines) is 1. The van der Waals surface area contributed by atoms with E-state index in [-0.39, 0.29) is 37.3 Å². The van der Waals surface area contributed by atoms with Crippen molar-refractivity contribution in [3.05, 3.63) is 0 Å². The Kier molecular flexibility index (Phi) is 17.1. The summed E-state index contributed by atoms with van der Waals surface area (Å²) in [4.78, 5) is 18.6. The summed E-state index contributed by atoms with van der Waals surface area (Å²) in [5, 5.41) is 63.0. The molecule has 18 atom stereocenters. The first-order chi connectivity index (χ1) is 26.9. The highest BCUT2D eigenvalue weighted by Crippen LogP contribution is 2.44. The first kappa shape index (κ1) is 49.6. The van der Waals surface area contributed by atoms with Gasteiger partial charge in [-0.25, -0.2) is 0 Å². The number of likely N-dealkylation sites (N-methyl/N-ethyl adjacent to an activating group) is 1. The fourth-order valence-corrected chi connectivity index (χ4v) is 10.2. The molecule has 6 N–H and O–H groups in total. The van der Waals surface area contributed by atoms with E-state index in [1.165, 1.54) is 6.92 Å². The van der Waals surface area contributed by atoms with Gasteiger partial charge in [-0.05, 0) is 120 Å². The number of carbonyl (C=O) groups excluding carboxylic acids is 1. The van der Waals surface area contributed by atoms with Gasteiger partial charge in [-0.2, -0.15) is 0 Å². The lowest BCUT2D eigenvalue weighted by Crippen LogP contribution is -2.70. The van der Waals surface area contributed by atoms with Crippen LogP contribution in [0.25, 0.3) is 0 Å². The van der Waals surface area contributed by atoms with Crippen molar-refractivity contribution in [3.63, 3.8) is 0 Å². The van der Waals surface area contributed by atoms with Crippen molar-refractivity contribution in [2.75, 3.05) is 47.4 Å². The second kappa shape index (κ2) is 20.0. The van der Waals surface area contributed by atoms with Gasteiger partial charge >= 0.3 is 5.97 Å². The van der Waals surface area contributed by atoms with Gasteiger partial charge in [0.2, 0.25) is 0 Å². The standard InChI is InChI=1S/C43H81N3O12/c1-14-32-42(10,51)36(48)29(6)44-23-25(2)21-40(8,50)37(58-39-34(47)31(45(11)12)20-26(3)54-39)27(4)35(28(5)38(49)56-32)57-33-22-41(9,53-13)43(52,30(7)55-33)24-46-18-16-15-17-19-46/h25-37,39,44,47-48,50-52H,14-24H2,1-13H3/t25-,26-,27+,28-,29-,30+,31+,32?,33+,34-,35+,36-,37-,39+,40-,41-,42-,43+/m1/s1. The summed E-state index contributed by atoms with van der Waals surface area (Å²) >= 11 is 0. The first-order valence-corrected chi connectivity index (χ1v) is 21.9. The van der Waals surface area contributed by atoms with Crippen LogP contribution in [0.3, 0.4) is 0 Å². The van der Waals surface area contributed by atoms with Gasteiger partial charge in [0, 0.05) is 38.1 Å². The molecule has 0 aromatic carbocycles. The Balaban J connectivity index is 1.79. The number of rotatable bonds is 9. The zero-order valence-corrected chi connectivity index (χ0v) is 37.8. The number of cyclic esters (lactones) is 1. The van der Waals surface area contributed by atoms with E-state index in [0.29, 0.717) is 19.5 Å². The predicted molar refractivity (Wildman–Crippen MR) is 219 cm³/mol. The van der Waals surface area contributed by atoms with E-state index in [0.717, 1.165) is 32.4 Å². The molecule has 4 rings (SSSR count). The molecule has 0 spiro atoms. The van der Waals surface area contributed by atoms with E-state index in [1.807, 2.05) is 53.6 Å². The first-order valence-electron chi connectivity index (χ1n) is 21.9. The van der Waals surface area contributed by atoms with Crippen LogP contribution >= 0.6 is 0 Å². The quantitative estimate of drug-likeness (QED) is 0.186. The van der Waals surface area contributed by atoms with Crippen molar-refractivity contribution >= 4 is 5.97 Å². The molecular weight excluding hydrogens is 750 g/mol. The number of aliphatic hydroxyl groups excluding tert-OH is 2. The second-order valence-corrected chi connectivity index (χ2v) is 19.4. The Morgan fingerprint density at radius 2 is 1.57 bits per heavy atom. The molecule has 0 amide bonds. The van der Waals surface area contributed by atoms with Gasteiger partial charge < -0.3 is 69.1 Å². The summed E-state index contributed by atoms with van der Waals surface area (Å²) in [6.07, 6.45) is -4.20. The molecule has 4 aliphatic rings. The summed E-state index contributed by atoms with van der Waals surface area (Å²) in [7, 11) is 5.36. The average Bonchev–Trinajstić information content (AvgIpc) is 3.15. The monoisotopic (exact) mass is 832 g/mol. The maximum atomic E-state index is 14.4. The van der Waals surface area contributed by atoms with Crippen LogP contribution in [-0.4, -0.2) is 178 Å². The van der Waals surface area contributed by atoms with Crippen LogP contribution in [0.4, 0.5) is 0 Å². The number of nitrogens with one attached hydrogen (secondary N) is 1. The fraction of sp³-hybridized carbons (Fsp3) is 0.977. The SMILES string of the molecule is CCC1OC(=O)[C@H](C)[C@@H](O[C@H]2C[C@@](C)(OC)[C@](O)(CN3CCCCC3)[C@H](C)O2)[C@H](C)[C@@H](O[C@@H]2O[C@H](C)C[C@H](N(C)C)[C@H]2O)[C@](C)(O)C[C@@H](C)CN[C@H](C)[C@@H](O)[C@]1(C)O. The van der Waals surface area contributed by atoms with Crippen LogP contribution in [0, 0.1) is 17.8 Å². The number of hydrogen-bond acceptors (Lipinski definition) is 15. The van der Waals surface area contributed by atoms with Gasteiger partial charge in [-0.1, -0.05) is 27.2 Å². The number of hydrogen-bond donors (Lipinski definition) is 6. The van der Waals surface area contributed by atoms with Gasteiger partial charge in [0.05, 0.1) is 35.9 Å². The Morgan fingerprint density at radius 3 is 2.16 bits per heavy atom. The Hall–Kier alpha value is -1.05. The van der Waals surface area contributed by atoms with Crippen LogP contribution in [0.5, 0.6) is 0 Å². The van der Waals surface area contributed by atoms with Crippen molar-refractivity contribution in [2.45, 2.75) is 204 Å². The minimum Gasteiger partial charge on any atom is -0.459 e. The van der Waals surface area contributed by atoms with E-state index >= 15 is 0 Å². The van der Waals surface area contributed by atoms with Crippen molar-refractivity contribution in [2.24, 2.45) is 17.8 Å². The van der Waals surface area contributed by atoms with Crippen LogP contribution in [0.2, 0.25) is 0 Å². The zero-order valence-electron chi connectivity index (χ0n) is 37.8. The van der Waals surface area contributed by atoms with E-state index < -0.39 is 95.5 Å². The zero-order chi connectivity index (χ0) is 43.5. The van der Waals surface area contributed by atoms with Crippen molar-refractivity contribution in [1.82, 2.24) is 15.1 Å². The number of esters is 1. The summed E-state index contributed by atoms with van der Waals surface area (Å²) in [6, 6.07) is -0.872. The van der Waals surface area contributed by atoms with Crippen molar-refractivity contribution < 1.29 is 58.7 Å². The van der Waals surface area contributed by atoms with Crippen molar-refractivity contribution in [3.8, 4) is 0 Å². The molecule has 4 fully saturated rings. The molecule has 15 nitrogen and oxygen atoms in total. The van der Waals surface area contributed by atoms with Gasteiger partial charge in [-0.15, -0.1) is 0 Å². The van der Waals surface area contributed by atoms with E-state index in [4.69, 9.17) is 28.4 Å². The second-order valence-electron chi connectivity index (χ2n) is 19.4. The van der Waals surface area contributed by atoms with E-state index in [9.17, 15) is 30.3 Å². The predicted octanol–water partition coefficient (Wildman–Crippen LogP) is 2.41. The average molecular weight is 832 g/mol. The molecule has 0 saturated carbocycles. The molecule has 0 aromatic rings. The minimum atomic E-state index is -1.81. The summed E-state index contributed by atoms with van der Waals surface area (Å²) in [5.41, 5.74) is -5.88. The fourth-order valence-electron chi connectivity index (χ4n) is 10.2. The Bertz CT molecular complexity index is 1300. The number of β-amino-alcohol motifs (C(OH)–C–C–N with tert-alkyl or cyclic N) is 1. The van der Waals surface area contributed by atoms with Gasteiger partial charge in [0.15, 0.2) is 12.6 Å². The highest BCUT2D eigenvalue weighted by atomic mass is 16.7. The largest absolute Gasteiger partial charge is 0.459 e. The summed E-state index contributed by atoms with van der Waals surface area (Å²) < 4.78 is 38.7. The minimum absolute atomic E-state index is 0.122. The highest BCUT2D eigenvalue weighted by molar-refractivity contribution is 5.73. The highest BCUT2D eigenvalue weighted by Gasteiger charge is 2.59. The third kappa shape index (κ3) is 10.9. The van der Waals surface area contributed by atoms with Gasteiger partial charge in [-0.3, -0.25) is 4.79 Å². The molecule has 0 bridgehead atoms. The number of ether oxygens (including phenoxy) is 6. The molecule has 340 valence electrons. The van der Waals surface area contributed by atoms with Crippen LogP contribution < -0.4 is 5.32 Å². The summed E-state index contributed by atoms with van der Waals surface area (Å²) in [6.45, 7) is 20.3. The van der Waals surface area contributed by atoms with E-state index in [2.05, 4.69) is 10.2 Å². The molecule has 58 heavy (non-hydrogen) atoms. The third-order valence-electron chi connectivity index (χ3n) is 14.1. The number of carbonyl (C=O) groups is 1. The number of aliphatic hydroxyl groups is 5. The van der Waals surface area contributed by atoms with Crippen LogP contribution in [0.15, 0.2) is 0 Å². The van der Waals surface area contributed by atoms with Gasteiger partial charge in [0.25, 0.3) is 0 Å². The van der Waals surface area contributed by atoms with Crippen LogP contribution in [-0.2, 0) is 33.2 Å². The maximum absolute atomic E-state index is 14.4. The van der Waals surface area contributed by atoms with Crippen molar-refractivity contribution in [1.29, 1.82) is 0 Å². The number of methoxy groups -OCH3 is 1. The molecule has 4 heterocycles. The lowest BCUT2D eigenvalue weighted by molar-refractivity contribution is -0.339. The molecule has 15 heteroatoms. The molecule has 0 radical (unpaired) electrons. The molecule has 4 saturated heterocycles. The molecule has 1 unspecified atom stereocenters. The molecule has 4 aliphatic heterocycles. The molecule has 0 aliphatic carbocycles. The lowest BCUT2D eigenvalue weighted by Gasteiger charge is -2.55. The van der Waals surface area contributed by atoms with E-state index in [1.54, 1.807) is 34.8 Å². The topological polar surface area (TPSA) is 192 Å². The smallest absolute Gasteiger partial charge is 0.311 e. The lowest BCUT2D eigenvalue weighted by atomic mass is 9.74. The molecular formula is C43H81N3O12. The number of nitrogens with zero attached hydrogens (tertiary/aromatic N) is 2. The Morgan fingerprint density at radius 1 is 0.931 bits per heavy atom. The summed E-state index contributed by atoms with van der Waals surface area (Å²) in [5.74, 6) is -2.64. The normalized spacial score (nSPS) is 48.6. The third-order valence-corrected chi connectivity index (χ3v) is 14.1. The van der Waals surface area contributed by atoms with Crippen LogP contribution in [0.1, 0.15) is 114 Å². The number of piperidine rings is 1. The molecule has 0 aromatic heterocycles. The maximum Gasteiger partial charge on any atom is 0.311 e.